The van der Waals surface area contributed by atoms with E-state index in [1.165, 1.54) is 18.9 Å². The third kappa shape index (κ3) is 5.77. The van der Waals surface area contributed by atoms with Crippen LogP contribution in [-0.4, -0.2) is 65.7 Å². The van der Waals surface area contributed by atoms with Crippen LogP contribution < -0.4 is 10.6 Å². The van der Waals surface area contributed by atoms with Crippen molar-refractivity contribution < 1.29 is 28.7 Å². The highest BCUT2D eigenvalue weighted by Crippen LogP contribution is 2.41. The third-order valence-corrected chi connectivity index (χ3v) is 5.32. The van der Waals surface area contributed by atoms with Crippen molar-refractivity contribution in [2.45, 2.75) is 77.2 Å². The van der Waals surface area contributed by atoms with Gasteiger partial charge in [-0.25, -0.2) is 9.59 Å². The third-order valence-electron chi connectivity index (χ3n) is 5.32. The molecule has 1 aromatic rings. The second-order valence-corrected chi connectivity index (χ2v) is 8.99. The van der Waals surface area contributed by atoms with Gasteiger partial charge < -0.3 is 25.0 Å². The summed E-state index contributed by atoms with van der Waals surface area (Å²) in [7, 11) is 1.24. The molecule has 0 unspecified atom stereocenters. The standard InChI is InChI=1S/C23H33N3O6/c1-13(25-22(30)32-23(4,5)6)20(28)26-15(3)17(16-11-9-8-10-12-16)18(26)19(27)24-14(2)21(29)31-7/h8-15,17-18H,1-7H3,(H,24,27)(H,25,30)/t13-,14-,15-,17+,18+/m0/s1. The monoisotopic (exact) mass is 447 g/mol. The zero-order chi connectivity index (χ0) is 24.2. The highest BCUT2D eigenvalue weighted by molar-refractivity contribution is 5.95. The van der Waals surface area contributed by atoms with Gasteiger partial charge in [0, 0.05) is 12.0 Å². The first-order chi connectivity index (χ1) is 14.9. The van der Waals surface area contributed by atoms with Crippen molar-refractivity contribution in [2.75, 3.05) is 7.11 Å². The first kappa shape index (κ1) is 25.2. The molecule has 176 valence electrons. The average molecular weight is 448 g/mol. The minimum absolute atomic E-state index is 0.265. The number of nitrogens with zero attached hydrogens (tertiary/aromatic N) is 1. The molecule has 1 saturated heterocycles. The second kappa shape index (κ2) is 10.0. The van der Waals surface area contributed by atoms with E-state index in [-0.39, 0.29) is 12.0 Å². The van der Waals surface area contributed by atoms with Gasteiger partial charge in [-0.3, -0.25) is 9.59 Å². The molecule has 0 radical (unpaired) electrons. The number of hydrogen-bond acceptors (Lipinski definition) is 6. The van der Waals surface area contributed by atoms with E-state index >= 15 is 0 Å². The molecule has 9 heteroatoms. The fourth-order valence-corrected chi connectivity index (χ4v) is 3.83. The Hall–Kier alpha value is -3.10. The maximum atomic E-state index is 13.2. The minimum Gasteiger partial charge on any atom is -0.467 e. The van der Waals surface area contributed by atoms with Gasteiger partial charge in [-0.1, -0.05) is 30.3 Å². The smallest absolute Gasteiger partial charge is 0.408 e. The van der Waals surface area contributed by atoms with E-state index < -0.39 is 47.6 Å². The van der Waals surface area contributed by atoms with Crippen molar-refractivity contribution in [3.05, 3.63) is 35.9 Å². The van der Waals surface area contributed by atoms with Gasteiger partial charge in [0.25, 0.3) is 0 Å². The zero-order valence-corrected chi connectivity index (χ0v) is 19.7. The molecule has 5 atom stereocenters. The van der Waals surface area contributed by atoms with Crippen LogP contribution in [0.1, 0.15) is 53.0 Å². The van der Waals surface area contributed by atoms with E-state index in [0.29, 0.717) is 0 Å². The number of carbonyl (C=O) groups is 4. The van der Waals surface area contributed by atoms with Crippen LogP contribution in [0.15, 0.2) is 30.3 Å². The topological polar surface area (TPSA) is 114 Å². The Morgan fingerprint density at radius 3 is 2.12 bits per heavy atom. The molecular formula is C23H33N3O6. The Morgan fingerprint density at radius 2 is 1.59 bits per heavy atom. The van der Waals surface area contributed by atoms with Crippen LogP contribution in [0.4, 0.5) is 4.79 Å². The minimum atomic E-state index is -0.905. The highest BCUT2D eigenvalue weighted by Gasteiger charge is 2.53. The van der Waals surface area contributed by atoms with E-state index in [0.717, 1.165) is 5.56 Å². The van der Waals surface area contributed by atoms with E-state index in [2.05, 4.69) is 15.4 Å². The lowest BCUT2D eigenvalue weighted by Gasteiger charge is -2.53. The summed E-state index contributed by atoms with van der Waals surface area (Å²) < 4.78 is 9.90. The quantitative estimate of drug-likeness (QED) is 0.645. The largest absolute Gasteiger partial charge is 0.467 e. The summed E-state index contributed by atoms with van der Waals surface area (Å²) in [5, 5.41) is 5.16. The van der Waals surface area contributed by atoms with Crippen LogP contribution in [0.3, 0.4) is 0 Å². The number of esters is 1. The van der Waals surface area contributed by atoms with Crippen LogP contribution in [0, 0.1) is 0 Å². The Kier molecular flexibility index (Phi) is 7.87. The molecule has 9 nitrogen and oxygen atoms in total. The number of methoxy groups -OCH3 is 1. The van der Waals surface area contributed by atoms with E-state index in [1.54, 1.807) is 27.7 Å². The molecule has 0 saturated carbocycles. The first-order valence-electron chi connectivity index (χ1n) is 10.6. The molecule has 1 fully saturated rings. The highest BCUT2D eigenvalue weighted by atomic mass is 16.6. The van der Waals surface area contributed by atoms with Crippen molar-refractivity contribution in [3.8, 4) is 0 Å². The lowest BCUT2D eigenvalue weighted by Crippen LogP contribution is -2.71. The van der Waals surface area contributed by atoms with Crippen molar-refractivity contribution in [1.82, 2.24) is 15.5 Å². The SMILES string of the molecule is COC(=O)[C@H](C)NC(=O)[C@H]1[C@@H](c2ccccc2)[C@H](C)N1C(=O)[C@H](C)NC(=O)OC(C)(C)C. The summed E-state index contributed by atoms with van der Waals surface area (Å²) in [6.45, 7) is 10.1. The number of nitrogens with one attached hydrogen (secondary N) is 2. The van der Waals surface area contributed by atoms with Crippen LogP contribution in [0.25, 0.3) is 0 Å². The van der Waals surface area contributed by atoms with E-state index in [1.807, 2.05) is 37.3 Å². The van der Waals surface area contributed by atoms with Crippen molar-refractivity contribution in [2.24, 2.45) is 0 Å². The molecule has 1 heterocycles. The Bertz CT molecular complexity index is 851. The zero-order valence-electron chi connectivity index (χ0n) is 19.7. The Balaban J connectivity index is 2.23. The molecule has 0 bridgehead atoms. The fraction of sp³-hybridized carbons (Fsp3) is 0.565. The molecular weight excluding hydrogens is 414 g/mol. The maximum absolute atomic E-state index is 13.2. The van der Waals surface area contributed by atoms with Gasteiger partial charge in [-0.15, -0.1) is 0 Å². The van der Waals surface area contributed by atoms with Gasteiger partial charge in [0.15, 0.2) is 0 Å². The number of benzene rings is 1. The number of hydrogen-bond donors (Lipinski definition) is 2. The van der Waals surface area contributed by atoms with Gasteiger partial charge in [0.1, 0.15) is 23.7 Å². The predicted octanol–water partition coefficient (Wildman–Crippen LogP) is 1.96. The molecule has 1 aliphatic heterocycles. The molecule has 32 heavy (non-hydrogen) atoms. The van der Waals surface area contributed by atoms with Gasteiger partial charge in [-0.05, 0) is 47.1 Å². The summed E-state index contributed by atoms with van der Waals surface area (Å²) >= 11 is 0. The molecule has 2 N–H and O–H groups in total. The van der Waals surface area contributed by atoms with Crippen molar-refractivity contribution >= 4 is 23.9 Å². The van der Waals surface area contributed by atoms with Crippen molar-refractivity contribution in [1.29, 1.82) is 0 Å². The van der Waals surface area contributed by atoms with Gasteiger partial charge >= 0.3 is 12.1 Å². The number of carbonyl (C=O) groups excluding carboxylic acids is 4. The summed E-state index contributed by atoms with van der Waals surface area (Å²) in [5.74, 6) is -1.73. The average Bonchev–Trinajstić information content (AvgIpc) is 2.70. The van der Waals surface area contributed by atoms with Gasteiger partial charge in [-0.2, -0.15) is 0 Å². The van der Waals surface area contributed by atoms with Crippen LogP contribution in [-0.2, 0) is 23.9 Å². The maximum Gasteiger partial charge on any atom is 0.408 e. The molecule has 3 amide bonds. The van der Waals surface area contributed by atoms with Crippen molar-refractivity contribution in [3.63, 3.8) is 0 Å². The number of likely N-dealkylation sites (tertiary alicyclic amines) is 1. The molecule has 0 aromatic heterocycles. The Labute approximate surface area is 188 Å². The van der Waals surface area contributed by atoms with E-state index in [4.69, 9.17) is 4.74 Å². The normalized spacial score (nSPS) is 22.1. The Morgan fingerprint density at radius 1 is 1.00 bits per heavy atom. The van der Waals surface area contributed by atoms with E-state index in [9.17, 15) is 19.2 Å². The predicted molar refractivity (Wildman–Crippen MR) is 118 cm³/mol. The fourth-order valence-electron chi connectivity index (χ4n) is 3.83. The number of amides is 3. The molecule has 1 aliphatic rings. The number of rotatable bonds is 6. The van der Waals surface area contributed by atoms with Crippen LogP contribution in [0.5, 0.6) is 0 Å². The van der Waals surface area contributed by atoms with Gasteiger partial charge in [0.05, 0.1) is 7.11 Å². The summed E-state index contributed by atoms with van der Waals surface area (Å²) in [6.07, 6.45) is -0.716. The summed E-state index contributed by atoms with van der Waals surface area (Å²) in [6, 6.07) is 6.50. The van der Waals surface area contributed by atoms with Crippen LogP contribution in [0.2, 0.25) is 0 Å². The lowest BCUT2D eigenvalue weighted by atomic mass is 9.74. The lowest BCUT2D eigenvalue weighted by molar-refractivity contribution is -0.158. The molecule has 2 rings (SSSR count). The summed E-state index contributed by atoms with van der Waals surface area (Å²) in [5.41, 5.74) is 0.199. The number of ether oxygens (including phenoxy) is 2. The van der Waals surface area contributed by atoms with Gasteiger partial charge in [0.2, 0.25) is 11.8 Å². The molecule has 1 aromatic carbocycles. The first-order valence-corrected chi connectivity index (χ1v) is 10.6. The summed E-state index contributed by atoms with van der Waals surface area (Å²) in [4.78, 5) is 51.6. The second-order valence-electron chi connectivity index (χ2n) is 8.99. The molecule has 0 aliphatic carbocycles. The van der Waals surface area contributed by atoms with Crippen LogP contribution >= 0.6 is 0 Å². The molecule has 0 spiro atoms. The number of alkyl carbamates (subject to hydrolysis) is 1.